The summed E-state index contributed by atoms with van der Waals surface area (Å²) in [5.74, 6) is -5.14. The largest absolute Gasteiger partial charge is 0.481 e. The van der Waals surface area contributed by atoms with Crippen LogP contribution in [0.5, 0.6) is 0 Å². The number of carboxylic acid groups (broad SMARTS) is 1. The molecule has 188 valence electrons. The Kier molecular flexibility index (Phi) is 8.37. The lowest BCUT2D eigenvalue weighted by Crippen LogP contribution is -2.37. The summed E-state index contributed by atoms with van der Waals surface area (Å²) in [5.41, 5.74) is 4.14. The standard InChI is InChI=1S/C25H27F3N2O5/c1-15(23(32)33)13-30-22(31)12-16(25(26,27)28)10-11-29-24(34)35-14-21-19-8-4-2-6-17(19)18-7-3-5-9-20(18)21/h2-9,15-16,21H,10-14H2,1H3,(H,29,34)(H,30,31)(H,32,33). The molecule has 1 aliphatic rings. The van der Waals surface area contributed by atoms with Crippen molar-refractivity contribution in [3.63, 3.8) is 0 Å². The molecule has 2 amide bonds. The van der Waals surface area contributed by atoms with E-state index in [1.54, 1.807) is 0 Å². The van der Waals surface area contributed by atoms with Crippen LogP contribution in [0.25, 0.3) is 11.1 Å². The Morgan fingerprint density at radius 2 is 1.57 bits per heavy atom. The van der Waals surface area contributed by atoms with Crippen LogP contribution in [0.15, 0.2) is 48.5 Å². The zero-order valence-corrected chi connectivity index (χ0v) is 19.1. The number of carboxylic acids is 1. The van der Waals surface area contributed by atoms with Crippen LogP contribution < -0.4 is 10.6 Å². The van der Waals surface area contributed by atoms with Crippen LogP contribution in [0.1, 0.15) is 36.8 Å². The Balaban J connectivity index is 1.49. The van der Waals surface area contributed by atoms with Crippen molar-refractivity contribution in [2.75, 3.05) is 19.7 Å². The van der Waals surface area contributed by atoms with Crippen LogP contribution >= 0.6 is 0 Å². The summed E-state index contributed by atoms with van der Waals surface area (Å²) in [6.45, 7) is 0.769. The van der Waals surface area contributed by atoms with Crippen molar-refractivity contribution in [2.24, 2.45) is 11.8 Å². The average Bonchev–Trinajstić information content (AvgIpc) is 3.13. The molecule has 0 bridgehead atoms. The molecular formula is C25H27F3N2O5. The molecule has 2 aromatic carbocycles. The van der Waals surface area contributed by atoms with Crippen molar-refractivity contribution in [2.45, 2.75) is 31.9 Å². The lowest BCUT2D eigenvalue weighted by Gasteiger charge is -2.20. The molecule has 1 aliphatic carbocycles. The minimum Gasteiger partial charge on any atom is -0.481 e. The quantitative estimate of drug-likeness (QED) is 0.458. The van der Waals surface area contributed by atoms with E-state index >= 15 is 0 Å². The molecule has 3 rings (SSSR count). The van der Waals surface area contributed by atoms with Crippen LogP contribution in [0.4, 0.5) is 18.0 Å². The molecule has 0 saturated heterocycles. The van der Waals surface area contributed by atoms with Gasteiger partial charge in [0.2, 0.25) is 5.91 Å². The fourth-order valence-corrected chi connectivity index (χ4v) is 4.03. The van der Waals surface area contributed by atoms with E-state index in [1.807, 2.05) is 48.5 Å². The predicted octanol–water partition coefficient (Wildman–Crippen LogP) is 4.32. The number of carbonyl (C=O) groups excluding carboxylic acids is 2. The van der Waals surface area contributed by atoms with E-state index < -0.39 is 48.8 Å². The van der Waals surface area contributed by atoms with Gasteiger partial charge in [0.05, 0.1) is 11.8 Å². The number of carbonyl (C=O) groups is 3. The SMILES string of the molecule is CC(CNC(=O)CC(CCNC(=O)OCC1c2ccccc2-c2ccccc21)C(F)(F)F)C(=O)O. The van der Waals surface area contributed by atoms with Gasteiger partial charge < -0.3 is 20.5 Å². The number of fused-ring (bicyclic) bond motifs is 3. The average molecular weight is 492 g/mol. The fourth-order valence-electron chi connectivity index (χ4n) is 4.03. The molecule has 0 aliphatic heterocycles. The first-order valence-corrected chi connectivity index (χ1v) is 11.2. The predicted molar refractivity (Wildman–Crippen MR) is 122 cm³/mol. The van der Waals surface area contributed by atoms with Crippen molar-refractivity contribution < 1.29 is 37.4 Å². The topological polar surface area (TPSA) is 105 Å². The Bertz CT molecular complexity index is 1030. The molecule has 3 N–H and O–H groups in total. The van der Waals surface area contributed by atoms with Crippen LogP contribution in [-0.2, 0) is 14.3 Å². The van der Waals surface area contributed by atoms with Gasteiger partial charge in [-0.25, -0.2) is 4.79 Å². The van der Waals surface area contributed by atoms with E-state index in [2.05, 4.69) is 10.6 Å². The number of alkyl halides is 3. The third-order valence-electron chi connectivity index (χ3n) is 6.03. The molecule has 0 aromatic heterocycles. The molecule has 0 heterocycles. The summed E-state index contributed by atoms with van der Waals surface area (Å²) in [4.78, 5) is 34.8. The van der Waals surface area contributed by atoms with E-state index in [1.165, 1.54) is 6.92 Å². The lowest BCUT2D eigenvalue weighted by atomic mass is 9.98. The summed E-state index contributed by atoms with van der Waals surface area (Å²) < 4.78 is 45.4. The first-order chi connectivity index (χ1) is 16.6. The van der Waals surface area contributed by atoms with Gasteiger partial charge in [0.25, 0.3) is 0 Å². The van der Waals surface area contributed by atoms with Crippen molar-refractivity contribution in [1.29, 1.82) is 0 Å². The third kappa shape index (κ3) is 6.74. The first-order valence-electron chi connectivity index (χ1n) is 11.2. The number of amides is 2. The monoisotopic (exact) mass is 492 g/mol. The second-order valence-electron chi connectivity index (χ2n) is 8.53. The van der Waals surface area contributed by atoms with Gasteiger partial charge in [-0.15, -0.1) is 0 Å². The van der Waals surface area contributed by atoms with Gasteiger partial charge in [-0.3, -0.25) is 9.59 Å². The summed E-state index contributed by atoms with van der Waals surface area (Å²) in [7, 11) is 0. The number of benzene rings is 2. The van der Waals surface area contributed by atoms with Gasteiger partial charge in [-0.05, 0) is 28.7 Å². The number of rotatable bonds is 10. The second-order valence-corrected chi connectivity index (χ2v) is 8.53. The maximum Gasteiger partial charge on any atom is 0.407 e. The van der Waals surface area contributed by atoms with Crippen molar-refractivity contribution in [3.8, 4) is 11.1 Å². The second kappa shape index (κ2) is 11.2. The molecule has 0 saturated carbocycles. The molecular weight excluding hydrogens is 465 g/mol. The van der Waals surface area contributed by atoms with E-state index in [0.717, 1.165) is 22.3 Å². The van der Waals surface area contributed by atoms with Crippen molar-refractivity contribution in [1.82, 2.24) is 10.6 Å². The Hall–Kier alpha value is -3.56. The smallest absolute Gasteiger partial charge is 0.407 e. The molecule has 7 nitrogen and oxygen atoms in total. The number of ether oxygens (including phenoxy) is 1. The van der Waals surface area contributed by atoms with Crippen molar-refractivity contribution in [3.05, 3.63) is 59.7 Å². The van der Waals surface area contributed by atoms with Crippen LogP contribution in [-0.4, -0.2) is 48.9 Å². The molecule has 0 spiro atoms. The van der Waals surface area contributed by atoms with Crippen LogP contribution in [0, 0.1) is 11.8 Å². The third-order valence-corrected chi connectivity index (χ3v) is 6.03. The Morgan fingerprint density at radius 3 is 2.11 bits per heavy atom. The highest BCUT2D eigenvalue weighted by molar-refractivity contribution is 5.79. The number of nitrogens with one attached hydrogen (secondary N) is 2. The molecule has 2 atom stereocenters. The van der Waals surface area contributed by atoms with E-state index in [0.29, 0.717) is 0 Å². The van der Waals surface area contributed by atoms with Gasteiger partial charge >= 0.3 is 18.2 Å². The number of hydrogen-bond acceptors (Lipinski definition) is 4. The summed E-state index contributed by atoms with van der Waals surface area (Å²) in [6, 6.07) is 15.5. The number of alkyl carbamates (subject to hydrolysis) is 1. The number of aliphatic carboxylic acids is 1. The normalized spacial score (nSPS) is 14.4. The fraction of sp³-hybridized carbons (Fsp3) is 0.400. The lowest BCUT2D eigenvalue weighted by molar-refractivity contribution is -0.180. The summed E-state index contributed by atoms with van der Waals surface area (Å²) in [5, 5.41) is 13.3. The zero-order valence-electron chi connectivity index (χ0n) is 19.1. The number of halogens is 3. The molecule has 2 aromatic rings. The van der Waals surface area contributed by atoms with Gasteiger partial charge in [-0.2, -0.15) is 13.2 Å². The summed E-state index contributed by atoms with van der Waals surface area (Å²) in [6.07, 6.45) is -6.87. The van der Waals surface area contributed by atoms with Crippen molar-refractivity contribution >= 4 is 18.0 Å². The highest BCUT2D eigenvalue weighted by atomic mass is 19.4. The maximum atomic E-state index is 13.3. The highest BCUT2D eigenvalue weighted by Gasteiger charge is 2.40. The zero-order chi connectivity index (χ0) is 25.6. The minimum atomic E-state index is -4.65. The van der Waals surface area contributed by atoms with Gasteiger partial charge in [0.15, 0.2) is 0 Å². The number of hydrogen-bond donors (Lipinski definition) is 3. The minimum absolute atomic E-state index is 0.0345. The van der Waals surface area contributed by atoms with Gasteiger partial charge in [0.1, 0.15) is 6.61 Å². The molecule has 2 unspecified atom stereocenters. The summed E-state index contributed by atoms with van der Waals surface area (Å²) >= 11 is 0. The highest BCUT2D eigenvalue weighted by Crippen LogP contribution is 2.44. The van der Waals surface area contributed by atoms with E-state index in [4.69, 9.17) is 9.84 Å². The van der Waals surface area contributed by atoms with E-state index in [9.17, 15) is 27.6 Å². The molecule has 0 fully saturated rings. The van der Waals surface area contributed by atoms with Gasteiger partial charge in [0, 0.05) is 25.4 Å². The molecule has 0 radical (unpaired) electrons. The maximum absolute atomic E-state index is 13.3. The van der Waals surface area contributed by atoms with Gasteiger partial charge in [-0.1, -0.05) is 55.5 Å². The first kappa shape index (κ1) is 26.1. The van der Waals surface area contributed by atoms with Crippen LogP contribution in [0.3, 0.4) is 0 Å². The Morgan fingerprint density at radius 1 is 1.00 bits per heavy atom. The van der Waals surface area contributed by atoms with E-state index in [-0.39, 0.29) is 25.6 Å². The molecule has 10 heteroatoms. The van der Waals surface area contributed by atoms with Crippen LogP contribution in [0.2, 0.25) is 0 Å². The Labute approximate surface area is 200 Å². The molecule has 35 heavy (non-hydrogen) atoms.